The quantitative estimate of drug-likeness (QED) is 0.694. The molecule has 0 atom stereocenters. The van der Waals surface area contributed by atoms with Crippen LogP contribution in [0.3, 0.4) is 0 Å². The molecular formula is C11H13N3O. The number of hydrogen-bond acceptors (Lipinski definition) is 3. The molecule has 1 heterocycles. The Bertz CT molecular complexity index is 503. The molecule has 1 aromatic carbocycles. The minimum Gasteiger partial charge on any atom is -0.506 e. The zero-order valence-electron chi connectivity index (χ0n) is 8.73. The van der Waals surface area contributed by atoms with Crippen molar-refractivity contribution in [3.63, 3.8) is 0 Å². The normalized spacial score (nSPS) is 10.5. The van der Waals surface area contributed by atoms with Gasteiger partial charge in [0.1, 0.15) is 11.4 Å². The van der Waals surface area contributed by atoms with E-state index in [1.165, 1.54) is 6.07 Å². The van der Waals surface area contributed by atoms with Crippen molar-refractivity contribution in [2.75, 3.05) is 5.73 Å². The first-order valence-electron chi connectivity index (χ1n) is 4.70. The van der Waals surface area contributed by atoms with E-state index in [1.807, 2.05) is 19.9 Å². The van der Waals surface area contributed by atoms with Gasteiger partial charge in [-0.15, -0.1) is 0 Å². The van der Waals surface area contributed by atoms with Crippen LogP contribution in [0.15, 0.2) is 24.3 Å². The molecule has 0 aliphatic rings. The van der Waals surface area contributed by atoms with E-state index in [2.05, 4.69) is 5.10 Å². The SMILES string of the molecule is Cc1cc(C)n(-c2ccc(N)cc2O)n1. The van der Waals surface area contributed by atoms with Gasteiger partial charge in [0, 0.05) is 17.4 Å². The molecule has 0 saturated carbocycles. The molecule has 3 N–H and O–H groups in total. The van der Waals surface area contributed by atoms with Crippen molar-refractivity contribution in [2.24, 2.45) is 0 Å². The summed E-state index contributed by atoms with van der Waals surface area (Å²) in [6.07, 6.45) is 0. The Labute approximate surface area is 88.0 Å². The lowest BCUT2D eigenvalue weighted by Crippen LogP contribution is -1.99. The summed E-state index contributed by atoms with van der Waals surface area (Å²) in [6.45, 7) is 3.85. The molecule has 4 heteroatoms. The van der Waals surface area contributed by atoms with Crippen LogP contribution in [-0.2, 0) is 0 Å². The second kappa shape index (κ2) is 3.31. The molecule has 0 bridgehead atoms. The number of phenols is 1. The van der Waals surface area contributed by atoms with Gasteiger partial charge in [0.05, 0.1) is 5.69 Å². The van der Waals surface area contributed by atoms with Gasteiger partial charge in [-0.05, 0) is 32.0 Å². The van der Waals surface area contributed by atoms with Gasteiger partial charge in [-0.1, -0.05) is 0 Å². The number of nitrogen functional groups attached to an aromatic ring is 1. The number of anilines is 1. The predicted molar refractivity (Wildman–Crippen MR) is 59.1 cm³/mol. The molecule has 0 saturated heterocycles. The Morgan fingerprint density at radius 2 is 2.00 bits per heavy atom. The van der Waals surface area contributed by atoms with Crippen LogP contribution in [0.5, 0.6) is 5.75 Å². The molecular weight excluding hydrogens is 190 g/mol. The highest BCUT2D eigenvalue weighted by atomic mass is 16.3. The van der Waals surface area contributed by atoms with E-state index >= 15 is 0 Å². The van der Waals surface area contributed by atoms with Gasteiger partial charge in [0.15, 0.2) is 0 Å². The number of aryl methyl sites for hydroxylation is 2. The molecule has 0 amide bonds. The Hall–Kier alpha value is -1.97. The van der Waals surface area contributed by atoms with Crippen LogP contribution >= 0.6 is 0 Å². The average Bonchev–Trinajstić information content (AvgIpc) is 2.45. The molecule has 1 aromatic heterocycles. The van der Waals surface area contributed by atoms with Crippen LogP contribution in [0.25, 0.3) is 5.69 Å². The summed E-state index contributed by atoms with van der Waals surface area (Å²) in [4.78, 5) is 0. The lowest BCUT2D eigenvalue weighted by atomic mass is 10.2. The molecule has 78 valence electrons. The Morgan fingerprint density at radius 3 is 2.53 bits per heavy atom. The van der Waals surface area contributed by atoms with Crippen molar-refractivity contribution in [2.45, 2.75) is 13.8 Å². The topological polar surface area (TPSA) is 64.1 Å². The fraction of sp³-hybridized carbons (Fsp3) is 0.182. The minimum atomic E-state index is 0.140. The van der Waals surface area contributed by atoms with Crippen LogP contribution in [0.1, 0.15) is 11.4 Å². The fourth-order valence-electron chi connectivity index (χ4n) is 1.59. The summed E-state index contributed by atoms with van der Waals surface area (Å²) in [5, 5.41) is 14.0. The van der Waals surface area contributed by atoms with E-state index in [1.54, 1.807) is 16.8 Å². The van der Waals surface area contributed by atoms with Gasteiger partial charge in [-0.25, -0.2) is 4.68 Å². The maximum atomic E-state index is 9.74. The number of aromatic nitrogens is 2. The number of benzene rings is 1. The number of rotatable bonds is 1. The van der Waals surface area contributed by atoms with Crippen molar-refractivity contribution in [3.05, 3.63) is 35.7 Å². The number of phenolic OH excluding ortho intramolecular Hbond substituents is 1. The highest BCUT2D eigenvalue weighted by molar-refractivity contribution is 5.55. The van der Waals surface area contributed by atoms with Crippen LogP contribution in [-0.4, -0.2) is 14.9 Å². The summed E-state index contributed by atoms with van der Waals surface area (Å²) >= 11 is 0. The summed E-state index contributed by atoms with van der Waals surface area (Å²) in [7, 11) is 0. The smallest absolute Gasteiger partial charge is 0.143 e. The number of aromatic hydroxyl groups is 1. The van der Waals surface area contributed by atoms with Gasteiger partial charge >= 0.3 is 0 Å². The lowest BCUT2D eigenvalue weighted by molar-refractivity contribution is 0.470. The Balaban J connectivity index is 2.59. The summed E-state index contributed by atoms with van der Waals surface area (Å²) in [5.41, 5.74) is 8.65. The largest absolute Gasteiger partial charge is 0.506 e. The molecule has 0 unspecified atom stereocenters. The van der Waals surface area contributed by atoms with E-state index in [0.29, 0.717) is 11.4 Å². The Morgan fingerprint density at radius 1 is 1.27 bits per heavy atom. The first-order valence-corrected chi connectivity index (χ1v) is 4.70. The van der Waals surface area contributed by atoms with Crippen LogP contribution < -0.4 is 5.73 Å². The second-order valence-electron chi connectivity index (χ2n) is 3.59. The highest BCUT2D eigenvalue weighted by Crippen LogP contribution is 2.24. The van der Waals surface area contributed by atoms with Crippen LogP contribution in [0, 0.1) is 13.8 Å². The van der Waals surface area contributed by atoms with Crippen LogP contribution in [0.4, 0.5) is 5.69 Å². The van der Waals surface area contributed by atoms with E-state index < -0.39 is 0 Å². The van der Waals surface area contributed by atoms with Crippen molar-refractivity contribution < 1.29 is 5.11 Å². The third-order valence-corrected chi connectivity index (χ3v) is 2.24. The van der Waals surface area contributed by atoms with E-state index in [9.17, 15) is 5.11 Å². The van der Waals surface area contributed by atoms with Crippen molar-refractivity contribution >= 4 is 5.69 Å². The van der Waals surface area contributed by atoms with E-state index in [0.717, 1.165) is 11.4 Å². The number of nitrogens with two attached hydrogens (primary N) is 1. The van der Waals surface area contributed by atoms with Gasteiger partial charge in [0.2, 0.25) is 0 Å². The molecule has 2 aromatic rings. The van der Waals surface area contributed by atoms with E-state index in [4.69, 9.17) is 5.73 Å². The summed E-state index contributed by atoms with van der Waals surface area (Å²) < 4.78 is 1.70. The monoisotopic (exact) mass is 203 g/mol. The van der Waals surface area contributed by atoms with Crippen molar-refractivity contribution in [1.29, 1.82) is 0 Å². The molecule has 0 spiro atoms. The van der Waals surface area contributed by atoms with Gasteiger partial charge in [-0.2, -0.15) is 5.10 Å². The third kappa shape index (κ3) is 1.66. The van der Waals surface area contributed by atoms with Gasteiger partial charge < -0.3 is 10.8 Å². The third-order valence-electron chi connectivity index (χ3n) is 2.24. The van der Waals surface area contributed by atoms with E-state index in [-0.39, 0.29) is 5.75 Å². The van der Waals surface area contributed by atoms with Crippen LogP contribution in [0.2, 0.25) is 0 Å². The zero-order valence-corrected chi connectivity index (χ0v) is 8.73. The molecule has 0 fully saturated rings. The zero-order chi connectivity index (χ0) is 11.0. The molecule has 0 aliphatic carbocycles. The molecule has 0 radical (unpaired) electrons. The van der Waals surface area contributed by atoms with Crippen molar-refractivity contribution in [3.8, 4) is 11.4 Å². The molecule has 2 rings (SSSR count). The summed E-state index contributed by atoms with van der Waals surface area (Å²) in [6, 6.07) is 6.97. The predicted octanol–water partition coefficient (Wildman–Crippen LogP) is 1.78. The molecule has 4 nitrogen and oxygen atoms in total. The standard InChI is InChI=1S/C11H13N3O/c1-7-5-8(2)14(13-7)10-4-3-9(12)6-11(10)15/h3-6,15H,12H2,1-2H3. The maximum absolute atomic E-state index is 9.74. The number of nitrogens with zero attached hydrogens (tertiary/aromatic N) is 2. The number of hydrogen-bond donors (Lipinski definition) is 2. The first-order chi connectivity index (χ1) is 7.08. The average molecular weight is 203 g/mol. The van der Waals surface area contributed by atoms with Crippen molar-refractivity contribution in [1.82, 2.24) is 9.78 Å². The van der Waals surface area contributed by atoms with Gasteiger partial charge in [0.25, 0.3) is 0 Å². The lowest BCUT2D eigenvalue weighted by Gasteiger charge is -2.07. The van der Waals surface area contributed by atoms with Gasteiger partial charge in [-0.3, -0.25) is 0 Å². The minimum absolute atomic E-state index is 0.140. The fourth-order valence-corrected chi connectivity index (χ4v) is 1.59. The molecule has 15 heavy (non-hydrogen) atoms. The maximum Gasteiger partial charge on any atom is 0.143 e. The summed E-state index contributed by atoms with van der Waals surface area (Å²) in [5.74, 6) is 0.140. The second-order valence-corrected chi connectivity index (χ2v) is 3.59. The first kappa shape index (κ1) is 9.58. The Kier molecular flexibility index (Phi) is 2.11. The highest BCUT2D eigenvalue weighted by Gasteiger charge is 2.07. The molecule has 0 aliphatic heterocycles.